The summed E-state index contributed by atoms with van der Waals surface area (Å²) in [5.41, 5.74) is -0.532. The maximum atomic E-state index is 12.5. The van der Waals surface area contributed by atoms with E-state index in [-0.39, 0.29) is 29.9 Å². The number of carbonyl (C=O) groups excluding carboxylic acids is 2. The van der Waals surface area contributed by atoms with Crippen molar-refractivity contribution in [2.75, 3.05) is 13.2 Å². The molecule has 2 fully saturated rings. The van der Waals surface area contributed by atoms with Crippen LogP contribution in [0.25, 0.3) is 0 Å². The Morgan fingerprint density at radius 2 is 2.00 bits per heavy atom. The third-order valence-electron chi connectivity index (χ3n) is 4.15. The van der Waals surface area contributed by atoms with Crippen LogP contribution in [0.3, 0.4) is 0 Å². The quantitative estimate of drug-likeness (QED) is 0.747. The molecule has 120 valence electrons. The van der Waals surface area contributed by atoms with E-state index in [4.69, 9.17) is 9.47 Å². The van der Waals surface area contributed by atoms with Gasteiger partial charge in [-0.1, -0.05) is 6.42 Å². The smallest absolute Gasteiger partial charge is 0.410 e. The first-order valence-corrected chi connectivity index (χ1v) is 7.91. The second kappa shape index (κ2) is 6.34. The molecule has 0 spiro atoms. The maximum Gasteiger partial charge on any atom is 0.410 e. The van der Waals surface area contributed by atoms with Crippen molar-refractivity contribution in [2.45, 2.75) is 71.1 Å². The fourth-order valence-electron chi connectivity index (χ4n) is 3.20. The van der Waals surface area contributed by atoms with E-state index in [1.165, 1.54) is 0 Å². The van der Waals surface area contributed by atoms with Gasteiger partial charge in [0.25, 0.3) is 0 Å². The van der Waals surface area contributed by atoms with E-state index in [2.05, 4.69) is 0 Å². The van der Waals surface area contributed by atoms with Crippen molar-refractivity contribution < 1.29 is 19.1 Å². The first-order chi connectivity index (χ1) is 9.79. The Hall–Kier alpha value is -1.10. The van der Waals surface area contributed by atoms with Gasteiger partial charge in [-0.2, -0.15) is 0 Å². The largest absolute Gasteiger partial charge is 0.444 e. The van der Waals surface area contributed by atoms with Crippen LogP contribution in [-0.4, -0.2) is 47.7 Å². The zero-order chi connectivity index (χ0) is 15.6. The number of nitrogens with zero attached hydrogens (tertiary/aromatic N) is 1. The molecular weight excluding hydrogens is 270 g/mol. The van der Waals surface area contributed by atoms with Crippen LogP contribution in [0.4, 0.5) is 4.79 Å². The highest BCUT2D eigenvalue weighted by Crippen LogP contribution is 2.30. The van der Waals surface area contributed by atoms with E-state index >= 15 is 0 Å². The Balaban J connectivity index is 2.16. The van der Waals surface area contributed by atoms with Crippen LogP contribution < -0.4 is 0 Å². The standard InChI is InChI=1S/C16H27NO4/c1-11-9-20-10-13(12-7-5-6-8-14(12)18)17(11)15(19)21-16(2,3)4/h11-13H,5-10H2,1-4H3. The highest BCUT2D eigenvalue weighted by atomic mass is 16.6. The molecule has 21 heavy (non-hydrogen) atoms. The lowest BCUT2D eigenvalue weighted by atomic mass is 9.81. The second-order valence-corrected chi connectivity index (χ2v) is 7.16. The predicted molar refractivity (Wildman–Crippen MR) is 79.1 cm³/mol. The Bertz CT molecular complexity index is 402. The summed E-state index contributed by atoms with van der Waals surface area (Å²) in [5, 5.41) is 0. The van der Waals surface area contributed by atoms with Crippen LogP contribution in [0.1, 0.15) is 53.4 Å². The molecule has 0 aromatic carbocycles. The van der Waals surface area contributed by atoms with Crippen LogP contribution in [0.15, 0.2) is 0 Å². The molecule has 1 saturated heterocycles. The van der Waals surface area contributed by atoms with Gasteiger partial charge in [-0.25, -0.2) is 4.79 Å². The summed E-state index contributed by atoms with van der Waals surface area (Å²) in [7, 11) is 0. The van der Waals surface area contributed by atoms with Gasteiger partial charge in [-0.05, 0) is 40.5 Å². The molecule has 5 nitrogen and oxygen atoms in total. The Labute approximate surface area is 127 Å². The zero-order valence-electron chi connectivity index (χ0n) is 13.6. The summed E-state index contributed by atoms with van der Waals surface area (Å²) in [5.74, 6) is 0.159. The Morgan fingerprint density at radius 1 is 1.29 bits per heavy atom. The van der Waals surface area contributed by atoms with Gasteiger partial charge >= 0.3 is 6.09 Å². The fraction of sp³-hybridized carbons (Fsp3) is 0.875. The van der Waals surface area contributed by atoms with Gasteiger partial charge in [-0.15, -0.1) is 0 Å². The van der Waals surface area contributed by atoms with E-state index in [1.807, 2.05) is 27.7 Å². The molecule has 0 radical (unpaired) electrons. The summed E-state index contributed by atoms with van der Waals surface area (Å²) >= 11 is 0. The summed E-state index contributed by atoms with van der Waals surface area (Å²) in [6, 6.07) is -0.246. The fourth-order valence-corrected chi connectivity index (χ4v) is 3.20. The van der Waals surface area contributed by atoms with Crippen molar-refractivity contribution >= 4 is 11.9 Å². The highest BCUT2D eigenvalue weighted by Gasteiger charge is 2.42. The van der Waals surface area contributed by atoms with E-state index in [9.17, 15) is 9.59 Å². The van der Waals surface area contributed by atoms with Gasteiger partial charge in [0.15, 0.2) is 0 Å². The molecule has 0 aromatic heterocycles. The second-order valence-electron chi connectivity index (χ2n) is 7.16. The van der Waals surface area contributed by atoms with Gasteiger partial charge in [0.1, 0.15) is 11.4 Å². The average molecular weight is 297 g/mol. The van der Waals surface area contributed by atoms with E-state index in [0.717, 1.165) is 19.3 Å². The molecule has 3 unspecified atom stereocenters. The number of carbonyl (C=O) groups is 2. The first kappa shape index (κ1) is 16.3. The minimum atomic E-state index is -0.532. The first-order valence-electron chi connectivity index (χ1n) is 7.91. The lowest BCUT2D eigenvalue weighted by molar-refractivity contribution is -0.132. The van der Waals surface area contributed by atoms with Gasteiger partial charge in [-0.3, -0.25) is 9.69 Å². The van der Waals surface area contributed by atoms with E-state index in [0.29, 0.717) is 19.6 Å². The van der Waals surface area contributed by atoms with Crippen LogP contribution in [0.5, 0.6) is 0 Å². The minimum absolute atomic E-state index is 0.0617. The molecule has 5 heteroatoms. The molecule has 0 N–H and O–H groups in total. The molecule has 2 aliphatic rings. The van der Waals surface area contributed by atoms with Gasteiger partial charge in [0.2, 0.25) is 0 Å². The molecule has 1 saturated carbocycles. The third-order valence-corrected chi connectivity index (χ3v) is 4.15. The van der Waals surface area contributed by atoms with E-state index in [1.54, 1.807) is 4.90 Å². The van der Waals surface area contributed by atoms with Crippen LogP contribution >= 0.6 is 0 Å². The average Bonchev–Trinajstić information content (AvgIpc) is 2.36. The highest BCUT2D eigenvalue weighted by molar-refractivity contribution is 5.83. The van der Waals surface area contributed by atoms with Crippen LogP contribution in [0, 0.1) is 5.92 Å². The number of rotatable bonds is 1. The predicted octanol–water partition coefficient (Wildman–Crippen LogP) is 2.77. The lowest BCUT2D eigenvalue weighted by Gasteiger charge is -2.44. The topological polar surface area (TPSA) is 55.8 Å². The van der Waals surface area contributed by atoms with Crippen LogP contribution in [-0.2, 0) is 14.3 Å². The number of ketones is 1. The molecule has 1 aliphatic carbocycles. The third kappa shape index (κ3) is 3.96. The molecule has 1 aliphatic heterocycles. The number of morpholine rings is 1. The lowest BCUT2D eigenvalue weighted by Crippen LogP contribution is -2.59. The maximum absolute atomic E-state index is 12.5. The summed E-state index contributed by atoms with van der Waals surface area (Å²) in [6.07, 6.45) is 3.15. The van der Waals surface area contributed by atoms with Gasteiger partial charge in [0.05, 0.1) is 25.3 Å². The zero-order valence-corrected chi connectivity index (χ0v) is 13.6. The number of hydrogen-bond acceptors (Lipinski definition) is 4. The van der Waals surface area contributed by atoms with Crippen molar-refractivity contribution in [3.8, 4) is 0 Å². The van der Waals surface area contributed by atoms with Crippen molar-refractivity contribution in [3.05, 3.63) is 0 Å². The van der Waals surface area contributed by atoms with E-state index < -0.39 is 5.60 Å². The number of amides is 1. The Kier molecular flexibility index (Phi) is 4.91. The molecule has 1 amide bonds. The summed E-state index contributed by atoms with van der Waals surface area (Å²) in [6.45, 7) is 8.45. The summed E-state index contributed by atoms with van der Waals surface area (Å²) < 4.78 is 11.1. The van der Waals surface area contributed by atoms with Crippen molar-refractivity contribution in [3.63, 3.8) is 0 Å². The molecule has 0 bridgehead atoms. The molecule has 2 rings (SSSR count). The number of hydrogen-bond donors (Lipinski definition) is 0. The Morgan fingerprint density at radius 3 is 2.62 bits per heavy atom. The van der Waals surface area contributed by atoms with Gasteiger partial charge < -0.3 is 9.47 Å². The van der Waals surface area contributed by atoms with Crippen LogP contribution in [0.2, 0.25) is 0 Å². The summed E-state index contributed by atoms with van der Waals surface area (Å²) in [4.78, 5) is 26.5. The molecule has 3 atom stereocenters. The number of ether oxygens (including phenoxy) is 2. The molecule has 0 aromatic rings. The molecular formula is C16H27NO4. The number of Topliss-reactive ketones (excluding diaryl/α,β-unsaturated/α-hetero) is 1. The van der Waals surface area contributed by atoms with Crippen molar-refractivity contribution in [1.29, 1.82) is 0 Å². The minimum Gasteiger partial charge on any atom is -0.444 e. The molecule has 1 heterocycles. The van der Waals surface area contributed by atoms with Crippen molar-refractivity contribution in [2.24, 2.45) is 5.92 Å². The monoisotopic (exact) mass is 297 g/mol. The van der Waals surface area contributed by atoms with Gasteiger partial charge in [0, 0.05) is 12.3 Å². The SMILES string of the molecule is CC1COCC(C2CCCCC2=O)N1C(=O)OC(C)(C)C. The van der Waals surface area contributed by atoms with Crippen molar-refractivity contribution in [1.82, 2.24) is 4.90 Å². The normalized spacial score (nSPS) is 31.1.